The summed E-state index contributed by atoms with van der Waals surface area (Å²) in [5.74, 6) is -0.0717. The molecular weight excluding hydrogens is 550 g/mol. The van der Waals surface area contributed by atoms with E-state index in [2.05, 4.69) is 10.2 Å². The second-order valence-electron chi connectivity index (χ2n) is 12.0. The summed E-state index contributed by atoms with van der Waals surface area (Å²) in [5, 5.41) is 3.41. The van der Waals surface area contributed by atoms with Crippen LogP contribution in [0.4, 0.5) is 4.79 Å². The number of benzene rings is 1. The van der Waals surface area contributed by atoms with E-state index in [-0.39, 0.29) is 36.3 Å². The van der Waals surface area contributed by atoms with Gasteiger partial charge in [-0.3, -0.25) is 9.69 Å². The molecule has 0 saturated carbocycles. The minimum absolute atomic E-state index is 0.0177. The smallest absolute Gasteiger partial charge is 0.410 e. The summed E-state index contributed by atoms with van der Waals surface area (Å²) < 4.78 is 30.7. The Kier molecular flexibility index (Phi) is 10.5. The quantitative estimate of drug-likeness (QED) is 0.428. The first-order valence-corrected chi connectivity index (χ1v) is 16.0. The molecule has 1 aromatic carbocycles. The van der Waals surface area contributed by atoms with Crippen molar-refractivity contribution in [1.82, 2.24) is 15.1 Å². The number of likely N-dealkylation sites (N-methyl/N-ethyl adjacent to an activating group) is 1. The highest BCUT2D eigenvalue weighted by molar-refractivity contribution is 7.95. The van der Waals surface area contributed by atoms with Crippen molar-refractivity contribution in [2.45, 2.75) is 79.0 Å². The van der Waals surface area contributed by atoms with Crippen molar-refractivity contribution >= 4 is 33.4 Å². The molecule has 40 heavy (non-hydrogen) atoms. The fourth-order valence-corrected chi connectivity index (χ4v) is 6.68. The minimum atomic E-state index is -3.38. The number of hydrogen-bond donors (Lipinski definition) is 1. The van der Waals surface area contributed by atoms with Crippen molar-refractivity contribution in [3.63, 3.8) is 0 Å². The van der Waals surface area contributed by atoms with Crippen molar-refractivity contribution in [2.24, 2.45) is 5.92 Å². The Hall–Kier alpha value is -2.36. The lowest BCUT2D eigenvalue weighted by Gasteiger charge is -2.38. The number of nitrogens with one attached hydrogen (secondary N) is 1. The Bertz CT molecular complexity index is 1260. The maximum Gasteiger partial charge on any atom is 0.410 e. The van der Waals surface area contributed by atoms with Gasteiger partial charge in [-0.2, -0.15) is 0 Å². The van der Waals surface area contributed by atoms with E-state index in [1.165, 1.54) is 0 Å². The van der Waals surface area contributed by atoms with E-state index >= 15 is 0 Å². The van der Waals surface area contributed by atoms with Gasteiger partial charge in [-0.05, 0) is 94.3 Å². The first-order valence-electron chi connectivity index (χ1n) is 14.0. The second kappa shape index (κ2) is 13.1. The van der Waals surface area contributed by atoms with Crippen LogP contribution in [0.15, 0.2) is 34.8 Å². The van der Waals surface area contributed by atoms with E-state index < -0.39 is 15.4 Å². The Morgan fingerprint density at radius 2 is 1.95 bits per heavy atom. The summed E-state index contributed by atoms with van der Waals surface area (Å²) >= 11 is 6.70. The minimum Gasteiger partial charge on any atom is -0.444 e. The molecule has 1 unspecified atom stereocenters. The highest BCUT2D eigenvalue weighted by Crippen LogP contribution is 2.28. The van der Waals surface area contributed by atoms with Gasteiger partial charge in [0, 0.05) is 43.3 Å². The summed E-state index contributed by atoms with van der Waals surface area (Å²) in [6.45, 7) is 13.5. The largest absolute Gasteiger partial charge is 0.444 e. The zero-order valence-corrected chi connectivity index (χ0v) is 26.4. The van der Waals surface area contributed by atoms with Crippen LogP contribution in [-0.2, 0) is 21.1 Å². The summed E-state index contributed by atoms with van der Waals surface area (Å²) in [6.07, 6.45) is 5.69. The van der Waals surface area contributed by atoms with Gasteiger partial charge in [0.05, 0.1) is 10.7 Å². The number of carbonyl (C=O) groups is 2. The molecule has 0 aromatic heterocycles. The standard InChI is InChI=1S/C30H44ClN3O5S/c1-8-40(37,38)27-12-11-20(2)14-23(27)17-32-28(35)22-15-21(3)25(26(31)16-22)19-34-13-9-10-24(18-34)33(7)29(36)39-30(4,5)6/h11-12,15-16,20,24H,8-10,13-14,17-19H2,1-7H3,(H,32,35)/t20?,24-/m0/s1. The van der Waals surface area contributed by atoms with Crippen LogP contribution in [0.2, 0.25) is 5.02 Å². The lowest BCUT2D eigenvalue weighted by atomic mass is 9.95. The fraction of sp³-hybridized carbons (Fsp3) is 0.600. The molecule has 1 saturated heterocycles. The highest BCUT2D eigenvalue weighted by atomic mass is 35.5. The van der Waals surface area contributed by atoms with Crippen LogP contribution < -0.4 is 5.32 Å². The van der Waals surface area contributed by atoms with Gasteiger partial charge in [-0.15, -0.1) is 0 Å². The van der Waals surface area contributed by atoms with Gasteiger partial charge in [-0.25, -0.2) is 13.2 Å². The predicted octanol–water partition coefficient (Wildman–Crippen LogP) is 5.49. The van der Waals surface area contributed by atoms with Crippen LogP contribution in [0.5, 0.6) is 0 Å². The van der Waals surface area contributed by atoms with E-state index in [1.807, 2.05) is 46.8 Å². The third-order valence-corrected chi connectivity index (χ3v) is 9.63. The van der Waals surface area contributed by atoms with E-state index in [1.54, 1.807) is 31.0 Å². The number of sulfone groups is 1. The van der Waals surface area contributed by atoms with E-state index in [0.29, 0.717) is 35.0 Å². The monoisotopic (exact) mass is 593 g/mol. The second-order valence-corrected chi connectivity index (χ2v) is 14.6. The molecule has 1 N–H and O–H groups in total. The van der Waals surface area contributed by atoms with Gasteiger partial charge in [0.1, 0.15) is 5.60 Å². The molecule has 0 bridgehead atoms. The van der Waals surface area contributed by atoms with Crippen LogP contribution in [0.1, 0.15) is 75.4 Å². The predicted molar refractivity (Wildman–Crippen MR) is 160 cm³/mol. The molecular formula is C30H44ClN3O5S. The summed E-state index contributed by atoms with van der Waals surface area (Å²) in [5.41, 5.74) is 2.47. The first kappa shape index (κ1) is 32.2. The van der Waals surface area contributed by atoms with Crippen LogP contribution in [0.3, 0.4) is 0 Å². The molecule has 1 aliphatic heterocycles. The molecule has 10 heteroatoms. The molecule has 2 atom stereocenters. The lowest BCUT2D eigenvalue weighted by molar-refractivity contribution is 0.0129. The summed E-state index contributed by atoms with van der Waals surface area (Å²) in [4.78, 5) is 29.9. The van der Waals surface area contributed by atoms with Crippen LogP contribution in [-0.4, -0.2) is 74.3 Å². The SMILES string of the molecule is CCS(=O)(=O)C1=C(CNC(=O)c2cc(C)c(CN3CCC[C@H](N(C)C(=O)OC(C)(C)C)C3)c(Cl)c2)CC(C)C=C1. The third-order valence-electron chi connectivity index (χ3n) is 7.44. The highest BCUT2D eigenvalue weighted by Gasteiger charge is 2.30. The number of allylic oxidation sites excluding steroid dienone is 2. The number of carbonyl (C=O) groups excluding carboxylic acids is 2. The lowest BCUT2D eigenvalue weighted by Crippen LogP contribution is -2.49. The van der Waals surface area contributed by atoms with E-state index in [4.69, 9.17) is 16.3 Å². The Morgan fingerprint density at radius 3 is 2.58 bits per heavy atom. The van der Waals surface area contributed by atoms with Gasteiger partial charge >= 0.3 is 6.09 Å². The molecule has 1 aliphatic carbocycles. The van der Waals surface area contributed by atoms with Gasteiger partial charge in [0.25, 0.3) is 5.91 Å². The first-order chi connectivity index (χ1) is 18.6. The van der Waals surface area contributed by atoms with Gasteiger partial charge < -0.3 is 15.0 Å². The Labute approximate surface area is 244 Å². The number of hydrogen-bond acceptors (Lipinski definition) is 6. The molecule has 8 nitrogen and oxygen atoms in total. The van der Waals surface area contributed by atoms with Gasteiger partial charge in [-0.1, -0.05) is 31.5 Å². The zero-order valence-electron chi connectivity index (χ0n) is 24.8. The van der Waals surface area contributed by atoms with Crippen LogP contribution >= 0.6 is 11.6 Å². The number of rotatable bonds is 8. The number of aryl methyl sites for hydroxylation is 1. The molecule has 1 aromatic rings. The summed E-state index contributed by atoms with van der Waals surface area (Å²) in [7, 11) is -1.59. The van der Waals surface area contributed by atoms with Crippen molar-refractivity contribution < 1.29 is 22.7 Å². The molecule has 0 radical (unpaired) electrons. The molecule has 2 aliphatic rings. The van der Waals surface area contributed by atoms with E-state index in [0.717, 1.165) is 36.1 Å². The Balaban J connectivity index is 1.68. The van der Waals surface area contributed by atoms with Crippen molar-refractivity contribution in [2.75, 3.05) is 32.4 Å². The van der Waals surface area contributed by atoms with Crippen molar-refractivity contribution in [3.05, 3.63) is 56.5 Å². The molecule has 222 valence electrons. The fourth-order valence-electron chi connectivity index (χ4n) is 5.16. The third kappa shape index (κ3) is 8.33. The summed E-state index contributed by atoms with van der Waals surface area (Å²) in [6, 6.07) is 3.54. The number of halogens is 1. The average molecular weight is 594 g/mol. The number of ether oxygens (including phenoxy) is 1. The number of likely N-dealkylation sites (tertiary alicyclic amines) is 1. The van der Waals surface area contributed by atoms with Gasteiger partial charge in [0.2, 0.25) is 0 Å². The molecule has 0 spiro atoms. The van der Waals surface area contributed by atoms with E-state index in [9.17, 15) is 18.0 Å². The maximum atomic E-state index is 13.1. The molecule has 1 heterocycles. The van der Waals surface area contributed by atoms with Crippen molar-refractivity contribution in [3.8, 4) is 0 Å². The average Bonchev–Trinajstić information content (AvgIpc) is 2.87. The number of amides is 2. The molecule has 2 amide bonds. The topological polar surface area (TPSA) is 96.0 Å². The molecule has 3 rings (SSSR count). The number of nitrogens with zero attached hydrogens (tertiary/aromatic N) is 2. The Morgan fingerprint density at radius 1 is 1.25 bits per heavy atom. The van der Waals surface area contributed by atoms with Crippen LogP contribution in [0.25, 0.3) is 0 Å². The molecule has 1 fully saturated rings. The normalized spacial score (nSPS) is 20.4. The van der Waals surface area contributed by atoms with Crippen LogP contribution in [0, 0.1) is 12.8 Å². The van der Waals surface area contributed by atoms with Gasteiger partial charge in [0.15, 0.2) is 9.84 Å². The maximum absolute atomic E-state index is 13.1. The zero-order chi connectivity index (χ0) is 29.8. The van der Waals surface area contributed by atoms with Crippen molar-refractivity contribution in [1.29, 1.82) is 0 Å². The number of piperidine rings is 1.